The van der Waals surface area contributed by atoms with Gasteiger partial charge in [0.15, 0.2) is 0 Å². The zero-order valence-electron chi connectivity index (χ0n) is 32.1. The van der Waals surface area contributed by atoms with Gasteiger partial charge in [0, 0.05) is 5.02 Å². The first-order chi connectivity index (χ1) is 23.0. The first-order valence-electron chi connectivity index (χ1n) is 19.0. The van der Waals surface area contributed by atoms with Gasteiger partial charge in [-0.15, -0.1) is 0 Å². The van der Waals surface area contributed by atoms with Crippen LogP contribution >= 0.6 is 11.6 Å². The Morgan fingerprint density at radius 2 is 0.745 bits per heavy atom. The second-order valence-corrected chi connectivity index (χ2v) is 13.7. The monoisotopic (exact) mass is 811 g/mol. The van der Waals surface area contributed by atoms with E-state index in [4.69, 9.17) is 26.6 Å². The SMILES string of the molecule is CCCCc1cc(CCCC)c(N=Cc2cc(Cl)cc(C=Nc3c(CCCC)cc(CCCC)cc3CCCC)n2)c(CCCC)c1.[Cl-].[Cl-].[Cl-].[V+3]. The van der Waals surface area contributed by atoms with Crippen LogP contribution in [0.4, 0.5) is 11.4 Å². The number of hydrogen-bond acceptors (Lipinski definition) is 3. The molecule has 0 unspecified atom stereocenters. The number of benzene rings is 2. The first kappa shape index (κ1) is 51.8. The molecule has 8 heteroatoms. The van der Waals surface area contributed by atoms with Crippen LogP contribution in [0.5, 0.6) is 0 Å². The molecule has 0 N–H and O–H groups in total. The van der Waals surface area contributed by atoms with Crippen molar-refractivity contribution in [3.8, 4) is 0 Å². The van der Waals surface area contributed by atoms with Crippen molar-refractivity contribution in [3.05, 3.63) is 86.2 Å². The third kappa shape index (κ3) is 18.0. The molecule has 0 atom stereocenters. The van der Waals surface area contributed by atoms with Crippen molar-refractivity contribution in [1.29, 1.82) is 0 Å². The van der Waals surface area contributed by atoms with Crippen molar-refractivity contribution in [2.24, 2.45) is 9.98 Å². The Morgan fingerprint density at radius 1 is 0.471 bits per heavy atom. The van der Waals surface area contributed by atoms with Gasteiger partial charge in [0.25, 0.3) is 0 Å². The molecule has 0 fully saturated rings. The number of aromatic nitrogens is 1. The first-order valence-corrected chi connectivity index (χ1v) is 19.4. The van der Waals surface area contributed by atoms with Crippen molar-refractivity contribution in [3.63, 3.8) is 0 Å². The van der Waals surface area contributed by atoms with E-state index in [2.05, 4.69) is 65.8 Å². The molecule has 0 saturated carbocycles. The number of unbranched alkanes of at least 4 members (excludes halogenated alkanes) is 6. The molecule has 1 aromatic heterocycles. The summed E-state index contributed by atoms with van der Waals surface area (Å²) in [5.74, 6) is 0. The minimum atomic E-state index is 0. The van der Waals surface area contributed by atoms with Crippen molar-refractivity contribution >= 4 is 35.4 Å². The van der Waals surface area contributed by atoms with Crippen LogP contribution in [0.1, 0.15) is 163 Å². The van der Waals surface area contributed by atoms with Crippen molar-refractivity contribution in [1.82, 2.24) is 4.98 Å². The van der Waals surface area contributed by atoms with Gasteiger partial charge in [-0.05, 0) is 123 Å². The summed E-state index contributed by atoms with van der Waals surface area (Å²) < 4.78 is 0. The summed E-state index contributed by atoms with van der Waals surface area (Å²) >= 11 is 6.69. The van der Waals surface area contributed by atoms with E-state index in [-0.39, 0.29) is 55.8 Å². The summed E-state index contributed by atoms with van der Waals surface area (Å²) in [6.45, 7) is 13.6. The Bertz CT molecular complexity index is 1280. The molecule has 3 rings (SSSR count). The molecule has 0 saturated heterocycles. The molecular weight excluding hydrogens is 751 g/mol. The average Bonchev–Trinajstić information content (AvgIpc) is 3.07. The van der Waals surface area contributed by atoms with Crippen molar-refractivity contribution in [2.45, 2.75) is 157 Å². The molecule has 51 heavy (non-hydrogen) atoms. The Hall–Kier alpha value is -1.33. The quantitative estimate of drug-likeness (QED) is 0.140. The molecule has 3 aromatic rings. The fraction of sp³-hybridized carbons (Fsp3) is 0.558. The van der Waals surface area contributed by atoms with Crippen LogP contribution in [-0.2, 0) is 57.1 Å². The number of rotatable bonds is 22. The molecule has 0 aliphatic heterocycles. The number of pyridine rings is 1. The minimum absolute atomic E-state index is 0. The molecule has 0 amide bonds. The van der Waals surface area contributed by atoms with Crippen LogP contribution in [-0.4, -0.2) is 17.4 Å². The molecule has 282 valence electrons. The van der Waals surface area contributed by atoms with Gasteiger partial charge in [-0.1, -0.05) is 116 Å². The number of aryl methyl sites for hydroxylation is 6. The molecule has 2 aromatic carbocycles. The number of hydrogen-bond donors (Lipinski definition) is 0. The second-order valence-electron chi connectivity index (χ2n) is 13.3. The molecule has 0 radical (unpaired) electrons. The van der Waals surface area contributed by atoms with Gasteiger partial charge < -0.3 is 37.2 Å². The average molecular weight is 814 g/mol. The number of nitrogens with zero attached hydrogens (tertiary/aromatic N) is 3. The zero-order valence-corrected chi connectivity index (χ0v) is 36.6. The van der Waals surface area contributed by atoms with Gasteiger partial charge in [-0.2, -0.15) is 0 Å². The Balaban J connectivity index is 0. The molecule has 0 aliphatic carbocycles. The van der Waals surface area contributed by atoms with Crippen LogP contribution in [0.25, 0.3) is 0 Å². The predicted octanol–water partition coefficient (Wildman–Crippen LogP) is 4.30. The van der Waals surface area contributed by atoms with Crippen LogP contribution in [0.15, 0.2) is 46.4 Å². The van der Waals surface area contributed by atoms with Crippen LogP contribution in [0.2, 0.25) is 5.02 Å². The normalized spacial score (nSPS) is 10.9. The molecule has 0 spiro atoms. The fourth-order valence-corrected chi connectivity index (χ4v) is 6.43. The number of aliphatic imine (C=N–C) groups is 2. The van der Waals surface area contributed by atoms with Crippen LogP contribution in [0.3, 0.4) is 0 Å². The van der Waals surface area contributed by atoms with Gasteiger partial charge in [0.05, 0.1) is 35.2 Å². The van der Waals surface area contributed by atoms with Crippen LogP contribution in [0, 0.1) is 0 Å². The third-order valence-corrected chi connectivity index (χ3v) is 9.19. The van der Waals surface area contributed by atoms with Gasteiger partial charge in [0.1, 0.15) is 0 Å². The second kappa shape index (κ2) is 30.1. The summed E-state index contributed by atoms with van der Waals surface area (Å²) in [5.41, 5.74) is 12.2. The summed E-state index contributed by atoms with van der Waals surface area (Å²) in [4.78, 5) is 15.3. The van der Waals surface area contributed by atoms with Crippen LogP contribution < -0.4 is 37.2 Å². The number of halogens is 4. The summed E-state index contributed by atoms with van der Waals surface area (Å²) in [6.07, 6.45) is 24.6. The Morgan fingerprint density at radius 3 is 1.02 bits per heavy atom. The van der Waals surface area contributed by atoms with E-state index < -0.39 is 0 Å². The Kier molecular flexibility index (Phi) is 30.5. The van der Waals surface area contributed by atoms with Gasteiger partial charge in [0.2, 0.25) is 0 Å². The van der Waals surface area contributed by atoms with Crippen molar-refractivity contribution < 1.29 is 55.8 Å². The van der Waals surface area contributed by atoms with E-state index in [0.29, 0.717) is 5.02 Å². The van der Waals surface area contributed by atoms with E-state index >= 15 is 0 Å². The fourth-order valence-electron chi connectivity index (χ4n) is 6.21. The topological polar surface area (TPSA) is 37.6 Å². The summed E-state index contributed by atoms with van der Waals surface area (Å²) in [5, 5.41) is 0.655. The van der Waals surface area contributed by atoms with E-state index in [9.17, 15) is 0 Å². The molecule has 1 heterocycles. The maximum Gasteiger partial charge on any atom is 3.00 e. The van der Waals surface area contributed by atoms with E-state index in [0.717, 1.165) is 61.3 Å². The van der Waals surface area contributed by atoms with Gasteiger partial charge in [-0.3, -0.25) is 9.98 Å². The van der Waals surface area contributed by atoms with E-state index in [1.807, 2.05) is 24.6 Å². The molecule has 0 aliphatic rings. The summed E-state index contributed by atoms with van der Waals surface area (Å²) in [6, 6.07) is 13.5. The largest absolute Gasteiger partial charge is 3.00 e. The molecule has 3 nitrogen and oxygen atoms in total. The Labute approximate surface area is 347 Å². The van der Waals surface area contributed by atoms with Crippen molar-refractivity contribution in [2.75, 3.05) is 0 Å². The van der Waals surface area contributed by atoms with E-state index in [1.165, 1.54) is 110 Å². The zero-order chi connectivity index (χ0) is 33.9. The smallest absolute Gasteiger partial charge is 1.00 e. The summed E-state index contributed by atoms with van der Waals surface area (Å²) in [7, 11) is 0. The minimum Gasteiger partial charge on any atom is -1.00 e. The third-order valence-electron chi connectivity index (χ3n) is 8.97. The van der Waals surface area contributed by atoms with Gasteiger partial charge in [-0.25, -0.2) is 4.98 Å². The molecule has 0 bridgehead atoms. The predicted molar refractivity (Wildman–Crippen MR) is 208 cm³/mol. The standard InChI is InChI=1S/C43H62ClN3.3ClH.V/c1-7-13-19-33-25-35(21-15-9-3)42(36(26-33)22-16-10-4)45-31-40-29-39(44)30-41(47-40)32-46-43-37(23-17-11-5)27-34(20-14-8-2)28-38(43)24-18-12-6;;;;/h25-32H,7-24H2,1-6H3;3*1H;/q;;;;+3/p-3. The maximum absolute atomic E-state index is 6.69. The maximum atomic E-state index is 6.69. The van der Waals surface area contributed by atoms with E-state index in [1.54, 1.807) is 0 Å². The van der Waals surface area contributed by atoms with Gasteiger partial charge >= 0.3 is 18.6 Å². The molecular formula is C43H62Cl4N3V.